The molecule has 29 heavy (non-hydrogen) atoms. The number of quaternary nitrogens is 1. The van der Waals surface area contributed by atoms with Crippen LogP contribution >= 0.6 is 11.6 Å². The molecule has 0 aromatic heterocycles. The lowest BCUT2D eigenvalue weighted by molar-refractivity contribution is -0.895. The van der Waals surface area contributed by atoms with Crippen LogP contribution in [0.3, 0.4) is 0 Å². The second-order valence-electron chi connectivity index (χ2n) is 6.58. The second kappa shape index (κ2) is 8.87. The first-order valence-corrected chi connectivity index (χ1v) is 10.7. The number of para-hydroxylation sites is 2. The zero-order chi connectivity index (χ0) is 21.0. The number of hydrogen-bond acceptors (Lipinski definition) is 5. The maximum atomic E-state index is 12.8. The molecule has 1 amide bonds. The predicted molar refractivity (Wildman–Crippen MR) is 108 cm³/mol. The highest BCUT2D eigenvalue weighted by Gasteiger charge is 2.35. The molecule has 1 aliphatic rings. The quantitative estimate of drug-likeness (QED) is 0.510. The molecular weight excluding hydrogens is 420 g/mol. The molecule has 11 heteroatoms. The molecule has 0 unspecified atom stereocenters. The summed E-state index contributed by atoms with van der Waals surface area (Å²) in [4.78, 5) is 23.3. The summed E-state index contributed by atoms with van der Waals surface area (Å²) in [5.74, 6) is -0.219. The van der Waals surface area contributed by atoms with Gasteiger partial charge in [-0.05, 0) is 18.2 Å². The highest BCUT2D eigenvalue weighted by molar-refractivity contribution is 7.89. The summed E-state index contributed by atoms with van der Waals surface area (Å²) < 4.78 is 26.9. The van der Waals surface area contributed by atoms with Crippen molar-refractivity contribution in [1.82, 2.24) is 4.31 Å². The van der Waals surface area contributed by atoms with Gasteiger partial charge in [0.2, 0.25) is 10.0 Å². The molecule has 0 bridgehead atoms. The Labute approximate surface area is 173 Å². The monoisotopic (exact) mass is 439 g/mol. The van der Waals surface area contributed by atoms with Crippen molar-refractivity contribution >= 4 is 38.9 Å². The first kappa shape index (κ1) is 21.2. The molecule has 0 saturated carbocycles. The number of sulfonamides is 1. The number of halogens is 1. The van der Waals surface area contributed by atoms with E-state index in [-0.39, 0.29) is 30.4 Å². The second-order valence-corrected chi connectivity index (χ2v) is 8.90. The number of carbonyl (C=O) groups is 1. The molecule has 0 spiro atoms. The summed E-state index contributed by atoms with van der Waals surface area (Å²) in [5, 5.41) is 14.4. The third-order valence-electron chi connectivity index (χ3n) is 4.67. The van der Waals surface area contributed by atoms with E-state index in [2.05, 4.69) is 5.32 Å². The summed E-state index contributed by atoms with van der Waals surface area (Å²) in [5.41, 5.74) is 0.0811. The van der Waals surface area contributed by atoms with Crippen LogP contribution in [-0.4, -0.2) is 56.3 Å². The average molecular weight is 440 g/mol. The van der Waals surface area contributed by atoms with E-state index >= 15 is 0 Å². The average Bonchev–Trinajstić information content (AvgIpc) is 2.70. The Balaban J connectivity index is 1.61. The molecule has 154 valence electrons. The number of nitrogens with one attached hydrogen (secondary N) is 2. The van der Waals surface area contributed by atoms with Gasteiger partial charge in [-0.25, -0.2) is 8.42 Å². The maximum Gasteiger partial charge on any atom is 0.289 e. The predicted octanol–water partition coefficient (Wildman–Crippen LogP) is 0.776. The topological polar surface area (TPSA) is 114 Å². The molecule has 1 fully saturated rings. The normalized spacial score (nSPS) is 15.8. The maximum absolute atomic E-state index is 12.8. The van der Waals surface area contributed by atoms with E-state index < -0.39 is 20.6 Å². The Morgan fingerprint density at radius 1 is 1.14 bits per heavy atom. The Kier molecular flexibility index (Phi) is 6.48. The van der Waals surface area contributed by atoms with E-state index in [0.29, 0.717) is 23.8 Å². The van der Waals surface area contributed by atoms with Crippen LogP contribution in [0.2, 0.25) is 5.02 Å². The van der Waals surface area contributed by atoms with Crippen molar-refractivity contribution in [2.75, 3.05) is 38.0 Å². The molecule has 9 nitrogen and oxygen atoms in total. The van der Waals surface area contributed by atoms with E-state index in [1.165, 1.54) is 28.6 Å². The Morgan fingerprint density at radius 2 is 1.76 bits per heavy atom. The van der Waals surface area contributed by atoms with Gasteiger partial charge in [0.25, 0.3) is 11.6 Å². The van der Waals surface area contributed by atoms with Gasteiger partial charge in [-0.15, -0.1) is 0 Å². The molecule has 0 aliphatic carbocycles. The lowest BCUT2D eigenvalue weighted by Gasteiger charge is -2.31. The van der Waals surface area contributed by atoms with Crippen LogP contribution in [0.15, 0.2) is 53.4 Å². The molecule has 2 N–H and O–H groups in total. The van der Waals surface area contributed by atoms with E-state index in [1.54, 1.807) is 24.3 Å². The number of benzene rings is 2. The third-order valence-corrected chi connectivity index (χ3v) is 6.94. The number of piperazine rings is 1. The Bertz CT molecular complexity index is 1020. The minimum atomic E-state index is -3.98. The molecule has 0 radical (unpaired) electrons. The molecule has 0 atom stereocenters. The molecule has 1 heterocycles. The number of nitro groups is 1. The fraction of sp³-hybridized carbons (Fsp3) is 0.278. The van der Waals surface area contributed by atoms with Gasteiger partial charge in [0, 0.05) is 6.07 Å². The Morgan fingerprint density at radius 3 is 2.41 bits per heavy atom. The molecule has 2 aromatic rings. The van der Waals surface area contributed by atoms with Crippen LogP contribution in [0.4, 0.5) is 11.4 Å². The SMILES string of the molecule is O=C(C[NH+]1CCN(S(=O)(=O)c2ccccc2[N+](=O)[O-])CC1)Nc1ccccc1Cl. The summed E-state index contributed by atoms with van der Waals surface area (Å²) >= 11 is 6.03. The van der Waals surface area contributed by atoms with Crippen molar-refractivity contribution in [2.24, 2.45) is 0 Å². The van der Waals surface area contributed by atoms with E-state index in [0.717, 1.165) is 4.90 Å². The highest BCUT2D eigenvalue weighted by atomic mass is 35.5. The molecular formula is C18H20ClN4O5S+. The lowest BCUT2D eigenvalue weighted by atomic mass is 10.3. The van der Waals surface area contributed by atoms with Crippen molar-refractivity contribution < 1.29 is 23.0 Å². The van der Waals surface area contributed by atoms with Gasteiger partial charge in [-0.1, -0.05) is 35.9 Å². The number of rotatable bonds is 6. The standard InChI is InChI=1S/C18H19ClN4O5S/c19-14-5-1-2-6-15(14)20-18(24)13-21-9-11-22(12-10-21)29(27,28)17-8-4-3-7-16(17)23(25)26/h1-8H,9-13H2,(H,20,24)/p+1. The summed E-state index contributed by atoms with van der Waals surface area (Å²) in [6.07, 6.45) is 0. The fourth-order valence-electron chi connectivity index (χ4n) is 3.17. The van der Waals surface area contributed by atoms with Crippen molar-refractivity contribution in [3.63, 3.8) is 0 Å². The molecule has 1 saturated heterocycles. The first-order valence-electron chi connectivity index (χ1n) is 8.90. The number of carbonyl (C=O) groups excluding carboxylic acids is 1. The summed E-state index contributed by atoms with van der Waals surface area (Å²) in [6, 6.07) is 12.2. The minimum Gasteiger partial charge on any atom is -0.325 e. The van der Waals surface area contributed by atoms with Crippen molar-refractivity contribution in [3.8, 4) is 0 Å². The van der Waals surface area contributed by atoms with E-state index in [4.69, 9.17) is 11.6 Å². The van der Waals surface area contributed by atoms with Gasteiger partial charge in [-0.3, -0.25) is 14.9 Å². The van der Waals surface area contributed by atoms with Gasteiger partial charge in [0.15, 0.2) is 11.4 Å². The minimum absolute atomic E-state index is 0.170. The van der Waals surface area contributed by atoms with Crippen LogP contribution in [-0.2, 0) is 14.8 Å². The van der Waals surface area contributed by atoms with Crippen LogP contribution in [0, 0.1) is 10.1 Å². The van der Waals surface area contributed by atoms with Crippen molar-refractivity contribution in [2.45, 2.75) is 4.90 Å². The Hall–Kier alpha value is -2.53. The van der Waals surface area contributed by atoms with Crippen LogP contribution in [0.25, 0.3) is 0 Å². The van der Waals surface area contributed by atoms with Crippen LogP contribution < -0.4 is 10.2 Å². The fourth-order valence-corrected chi connectivity index (χ4v) is 4.95. The first-order chi connectivity index (χ1) is 13.8. The highest BCUT2D eigenvalue weighted by Crippen LogP contribution is 2.26. The molecule has 3 rings (SSSR count). The lowest BCUT2D eigenvalue weighted by Crippen LogP contribution is -3.15. The zero-order valence-electron chi connectivity index (χ0n) is 15.4. The van der Waals surface area contributed by atoms with Crippen LogP contribution in [0.1, 0.15) is 0 Å². The largest absolute Gasteiger partial charge is 0.325 e. The number of hydrogen-bond donors (Lipinski definition) is 2. The van der Waals surface area contributed by atoms with Gasteiger partial charge >= 0.3 is 0 Å². The third kappa shape index (κ3) is 4.91. The van der Waals surface area contributed by atoms with Gasteiger partial charge < -0.3 is 10.2 Å². The number of anilines is 1. The molecule has 1 aliphatic heterocycles. The summed E-state index contributed by atoms with van der Waals surface area (Å²) in [6.45, 7) is 1.34. The smallest absolute Gasteiger partial charge is 0.289 e. The van der Waals surface area contributed by atoms with Crippen LogP contribution in [0.5, 0.6) is 0 Å². The van der Waals surface area contributed by atoms with Gasteiger partial charge in [0.1, 0.15) is 0 Å². The number of nitro benzene ring substituents is 1. The zero-order valence-corrected chi connectivity index (χ0v) is 16.9. The van der Waals surface area contributed by atoms with Crippen molar-refractivity contribution in [1.29, 1.82) is 0 Å². The van der Waals surface area contributed by atoms with E-state index in [9.17, 15) is 23.3 Å². The van der Waals surface area contributed by atoms with Gasteiger partial charge in [0.05, 0.1) is 41.8 Å². The van der Waals surface area contributed by atoms with Crippen molar-refractivity contribution in [3.05, 3.63) is 63.7 Å². The van der Waals surface area contributed by atoms with Gasteiger partial charge in [-0.2, -0.15) is 4.31 Å². The number of nitrogens with zero attached hydrogens (tertiary/aromatic N) is 2. The summed E-state index contributed by atoms with van der Waals surface area (Å²) in [7, 11) is -3.98. The van der Waals surface area contributed by atoms with E-state index in [1.807, 2.05) is 0 Å². The number of amides is 1. The molecule has 2 aromatic carbocycles.